The van der Waals surface area contributed by atoms with E-state index in [1.807, 2.05) is 49.6 Å². The van der Waals surface area contributed by atoms with Crippen molar-refractivity contribution >= 4 is 17.1 Å². The number of thiophene rings is 1. The van der Waals surface area contributed by atoms with Gasteiger partial charge in [-0.3, -0.25) is 4.79 Å². The zero-order valence-corrected chi connectivity index (χ0v) is 10.7. The molecule has 17 heavy (non-hydrogen) atoms. The normalized spacial score (nSPS) is 10.5. The summed E-state index contributed by atoms with van der Waals surface area (Å²) < 4.78 is 5.57. The Morgan fingerprint density at radius 3 is 2.71 bits per heavy atom. The minimum atomic E-state index is 0.0502. The van der Waals surface area contributed by atoms with E-state index in [4.69, 9.17) is 4.74 Å². The van der Waals surface area contributed by atoms with Gasteiger partial charge in [-0.25, -0.2) is 0 Å². The predicted octanol–water partition coefficient (Wildman–Crippen LogP) is 3.77. The summed E-state index contributed by atoms with van der Waals surface area (Å²) in [5, 5.41) is 1.90. The lowest BCUT2D eigenvalue weighted by atomic mass is 10.1. The number of ether oxygens (including phenoxy) is 1. The molecule has 0 saturated heterocycles. The molecule has 0 atom stereocenters. The molecule has 0 fully saturated rings. The molecular formula is C14H14O2S. The molecule has 2 aromatic rings. The first-order chi connectivity index (χ1) is 8.16. The van der Waals surface area contributed by atoms with Crippen molar-refractivity contribution < 1.29 is 9.53 Å². The lowest BCUT2D eigenvalue weighted by Gasteiger charge is -2.10. The Morgan fingerprint density at radius 2 is 2.06 bits per heavy atom. The van der Waals surface area contributed by atoms with Crippen molar-refractivity contribution in [3.8, 4) is 5.75 Å². The highest BCUT2D eigenvalue weighted by Gasteiger charge is 2.10. The molecule has 0 aliphatic rings. The second-order valence-corrected chi connectivity index (χ2v) is 4.95. The van der Waals surface area contributed by atoms with Gasteiger partial charge in [0, 0.05) is 5.56 Å². The summed E-state index contributed by atoms with van der Waals surface area (Å²) in [7, 11) is 0. The molecule has 0 amide bonds. The fraction of sp³-hybridized carbons (Fsp3) is 0.214. The fourth-order valence-electron chi connectivity index (χ4n) is 1.53. The maximum Gasteiger partial charge on any atom is 0.203 e. The molecule has 0 radical (unpaired) electrons. The minimum absolute atomic E-state index is 0.0502. The highest BCUT2D eigenvalue weighted by molar-refractivity contribution is 7.12. The molecule has 0 aliphatic heterocycles. The quantitative estimate of drug-likeness (QED) is 0.768. The van der Waals surface area contributed by atoms with Gasteiger partial charge < -0.3 is 4.74 Å². The maximum atomic E-state index is 12.1. The summed E-state index contributed by atoms with van der Waals surface area (Å²) >= 11 is 1.46. The van der Waals surface area contributed by atoms with Crippen LogP contribution in [0.4, 0.5) is 0 Å². The van der Waals surface area contributed by atoms with Crippen molar-refractivity contribution in [2.45, 2.75) is 20.0 Å². The zero-order valence-electron chi connectivity index (χ0n) is 9.84. The van der Waals surface area contributed by atoms with Crippen LogP contribution in [0, 0.1) is 0 Å². The lowest BCUT2D eigenvalue weighted by molar-refractivity contribution is 0.104. The first-order valence-corrected chi connectivity index (χ1v) is 6.39. The SMILES string of the molecule is CC(C)Oc1cccc(C(=O)c2cccs2)c1. The number of carbonyl (C=O) groups excluding carboxylic acids is 1. The molecule has 2 rings (SSSR count). The Kier molecular flexibility index (Phi) is 3.59. The maximum absolute atomic E-state index is 12.1. The molecule has 0 saturated carbocycles. The van der Waals surface area contributed by atoms with E-state index in [0.717, 1.165) is 10.6 Å². The number of hydrogen-bond donors (Lipinski definition) is 0. The molecule has 1 aromatic heterocycles. The highest BCUT2D eigenvalue weighted by atomic mass is 32.1. The second-order valence-electron chi connectivity index (χ2n) is 4.00. The summed E-state index contributed by atoms with van der Waals surface area (Å²) in [6, 6.07) is 11.0. The van der Waals surface area contributed by atoms with Gasteiger partial charge in [-0.2, -0.15) is 0 Å². The fourth-order valence-corrected chi connectivity index (χ4v) is 2.22. The van der Waals surface area contributed by atoms with Crippen LogP contribution >= 0.6 is 11.3 Å². The number of hydrogen-bond acceptors (Lipinski definition) is 3. The Labute approximate surface area is 105 Å². The number of benzene rings is 1. The molecule has 1 heterocycles. The van der Waals surface area contributed by atoms with Crippen LogP contribution in [0.1, 0.15) is 29.1 Å². The van der Waals surface area contributed by atoms with Crippen LogP contribution in [0.25, 0.3) is 0 Å². The van der Waals surface area contributed by atoms with Crippen molar-refractivity contribution in [2.75, 3.05) is 0 Å². The predicted molar refractivity (Wildman–Crippen MR) is 70.0 cm³/mol. The van der Waals surface area contributed by atoms with Crippen molar-refractivity contribution in [2.24, 2.45) is 0 Å². The molecule has 3 heteroatoms. The van der Waals surface area contributed by atoms with E-state index in [2.05, 4.69) is 0 Å². The monoisotopic (exact) mass is 246 g/mol. The van der Waals surface area contributed by atoms with Crippen LogP contribution in [0.5, 0.6) is 5.75 Å². The number of rotatable bonds is 4. The first-order valence-electron chi connectivity index (χ1n) is 5.52. The second kappa shape index (κ2) is 5.15. The number of carbonyl (C=O) groups is 1. The topological polar surface area (TPSA) is 26.3 Å². The van der Waals surface area contributed by atoms with Crippen LogP contribution in [0.15, 0.2) is 41.8 Å². The van der Waals surface area contributed by atoms with E-state index in [1.54, 1.807) is 6.07 Å². The van der Waals surface area contributed by atoms with Crippen molar-refractivity contribution in [1.82, 2.24) is 0 Å². The average molecular weight is 246 g/mol. The van der Waals surface area contributed by atoms with Gasteiger partial charge in [-0.1, -0.05) is 18.2 Å². The molecular weight excluding hydrogens is 232 g/mol. The van der Waals surface area contributed by atoms with Gasteiger partial charge in [-0.15, -0.1) is 11.3 Å². The smallest absolute Gasteiger partial charge is 0.203 e. The molecule has 2 nitrogen and oxygen atoms in total. The standard InChI is InChI=1S/C14H14O2S/c1-10(2)16-12-6-3-5-11(9-12)14(15)13-7-4-8-17-13/h3-10H,1-2H3. The van der Waals surface area contributed by atoms with Crippen molar-refractivity contribution in [3.05, 3.63) is 52.2 Å². The van der Waals surface area contributed by atoms with E-state index >= 15 is 0 Å². The van der Waals surface area contributed by atoms with Crippen molar-refractivity contribution in [1.29, 1.82) is 0 Å². The largest absolute Gasteiger partial charge is 0.491 e. The van der Waals surface area contributed by atoms with Gasteiger partial charge in [-0.05, 0) is 37.4 Å². The third-order valence-electron chi connectivity index (χ3n) is 2.21. The third kappa shape index (κ3) is 2.94. The minimum Gasteiger partial charge on any atom is -0.491 e. The van der Waals surface area contributed by atoms with Crippen LogP contribution in [-0.4, -0.2) is 11.9 Å². The van der Waals surface area contributed by atoms with Gasteiger partial charge in [0.1, 0.15) is 5.75 Å². The zero-order chi connectivity index (χ0) is 12.3. The van der Waals surface area contributed by atoms with E-state index in [0.29, 0.717) is 5.56 Å². The summed E-state index contributed by atoms with van der Waals surface area (Å²) in [6.07, 6.45) is 0.113. The summed E-state index contributed by atoms with van der Waals surface area (Å²) in [4.78, 5) is 12.9. The van der Waals surface area contributed by atoms with E-state index in [1.165, 1.54) is 11.3 Å². The van der Waals surface area contributed by atoms with Gasteiger partial charge in [0.05, 0.1) is 11.0 Å². The Bertz CT molecular complexity index is 501. The van der Waals surface area contributed by atoms with E-state index in [-0.39, 0.29) is 11.9 Å². The molecule has 0 N–H and O–H groups in total. The Hall–Kier alpha value is -1.61. The van der Waals surface area contributed by atoms with E-state index < -0.39 is 0 Å². The van der Waals surface area contributed by atoms with Crippen LogP contribution in [0.2, 0.25) is 0 Å². The molecule has 88 valence electrons. The van der Waals surface area contributed by atoms with Crippen molar-refractivity contribution in [3.63, 3.8) is 0 Å². The Balaban J connectivity index is 2.24. The average Bonchev–Trinajstić information content (AvgIpc) is 2.81. The molecule has 1 aromatic carbocycles. The summed E-state index contributed by atoms with van der Waals surface area (Å²) in [5.41, 5.74) is 0.672. The molecule has 0 spiro atoms. The lowest BCUT2D eigenvalue weighted by Crippen LogP contribution is -2.06. The summed E-state index contributed by atoms with van der Waals surface area (Å²) in [5.74, 6) is 0.789. The van der Waals surface area contributed by atoms with Crippen LogP contribution in [-0.2, 0) is 0 Å². The van der Waals surface area contributed by atoms with E-state index in [9.17, 15) is 4.79 Å². The Morgan fingerprint density at radius 1 is 1.24 bits per heavy atom. The molecule has 0 bridgehead atoms. The van der Waals surface area contributed by atoms with Gasteiger partial charge in [0.2, 0.25) is 5.78 Å². The highest BCUT2D eigenvalue weighted by Crippen LogP contribution is 2.19. The third-order valence-corrected chi connectivity index (χ3v) is 3.08. The first kappa shape index (κ1) is 11.9. The number of ketones is 1. The van der Waals surface area contributed by atoms with Gasteiger partial charge >= 0.3 is 0 Å². The van der Waals surface area contributed by atoms with Crippen LogP contribution < -0.4 is 4.74 Å². The van der Waals surface area contributed by atoms with Gasteiger partial charge in [0.15, 0.2) is 0 Å². The molecule has 0 unspecified atom stereocenters. The molecule has 0 aliphatic carbocycles. The van der Waals surface area contributed by atoms with Crippen LogP contribution in [0.3, 0.4) is 0 Å². The summed E-state index contributed by atoms with van der Waals surface area (Å²) in [6.45, 7) is 3.93. The van der Waals surface area contributed by atoms with Gasteiger partial charge in [0.25, 0.3) is 0 Å².